The monoisotopic (exact) mass is 257 g/mol. The van der Waals surface area contributed by atoms with Gasteiger partial charge in [0.05, 0.1) is 0 Å². The van der Waals surface area contributed by atoms with Crippen molar-refractivity contribution in [1.29, 1.82) is 0 Å². The number of nitrogens with zero attached hydrogens (tertiary/aromatic N) is 1. The van der Waals surface area contributed by atoms with Crippen LogP contribution in [0.3, 0.4) is 0 Å². The van der Waals surface area contributed by atoms with Crippen LogP contribution in [0.1, 0.15) is 25.8 Å². The van der Waals surface area contributed by atoms with Crippen LogP contribution in [0.4, 0.5) is 0 Å². The molecule has 1 heterocycles. The summed E-state index contributed by atoms with van der Waals surface area (Å²) in [6.45, 7) is 6.97. The molecule has 1 rings (SSSR count). The third-order valence-electron chi connectivity index (χ3n) is 2.18. The Hall–Kier alpha value is -0.570. The summed E-state index contributed by atoms with van der Waals surface area (Å²) in [4.78, 5) is 11.7. The van der Waals surface area contributed by atoms with E-state index in [0.29, 0.717) is 5.92 Å². The predicted molar refractivity (Wildman–Crippen MR) is 62.6 cm³/mol. The molecule has 0 amide bonds. The highest BCUT2D eigenvalue weighted by molar-refractivity contribution is 9.10. The Kier molecular flexibility index (Phi) is 3.93. The van der Waals surface area contributed by atoms with E-state index in [2.05, 4.69) is 29.8 Å². The van der Waals surface area contributed by atoms with Crippen LogP contribution in [0.2, 0.25) is 0 Å². The Bertz CT molecular complexity index is 368. The van der Waals surface area contributed by atoms with Gasteiger partial charge in [0.1, 0.15) is 0 Å². The van der Waals surface area contributed by atoms with Crippen LogP contribution in [0, 0.1) is 12.8 Å². The second kappa shape index (κ2) is 4.78. The molecule has 0 saturated heterocycles. The number of aromatic nitrogens is 1. The van der Waals surface area contributed by atoms with Crippen LogP contribution in [0.15, 0.2) is 21.5 Å². The summed E-state index contributed by atoms with van der Waals surface area (Å²) in [7, 11) is 0. The van der Waals surface area contributed by atoms with Crippen molar-refractivity contribution in [2.45, 2.75) is 33.7 Å². The Morgan fingerprint density at radius 3 is 2.71 bits per heavy atom. The van der Waals surface area contributed by atoms with E-state index in [1.165, 1.54) is 0 Å². The van der Waals surface area contributed by atoms with E-state index in [-0.39, 0.29) is 5.56 Å². The molecular formula is C11H16BrNO. The maximum atomic E-state index is 11.7. The molecule has 0 unspecified atom stereocenters. The molecule has 0 fully saturated rings. The minimum atomic E-state index is 0.119. The average molecular weight is 258 g/mol. The van der Waals surface area contributed by atoms with Gasteiger partial charge in [0.2, 0.25) is 0 Å². The largest absolute Gasteiger partial charge is 0.314 e. The number of halogens is 1. The van der Waals surface area contributed by atoms with Gasteiger partial charge in [0.15, 0.2) is 0 Å². The van der Waals surface area contributed by atoms with Gasteiger partial charge >= 0.3 is 0 Å². The molecule has 0 bridgehead atoms. The lowest BCUT2D eigenvalue weighted by Crippen LogP contribution is -2.22. The Balaban J connectivity index is 2.91. The van der Waals surface area contributed by atoms with Gasteiger partial charge < -0.3 is 4.57 Å². The van der Waals surface area contributed by atoms with Crippen molar-refractivity contribution in [2.24, 2.45) is 5.92 Å². The minimum Gasteiger partial charge on any atom is -0.314 e. The lowest BCUT2D eigenvalue weighted by molar-refractivity contribution is 0.506. The summed E-state index contributed by atoms with van der Waals surface area (Å²) in [6, 6.07) is 1.86. The Morgan fingerprint density at radius 1 is 1.50 bits per heavy atom. The van der Waals surface area contributed by atoms with Crippen LogP contribution in [-0.4, -0.2) is 4.57 Å². The molecule has 78 valence electrons. The van der Waals surface area contributed by atoms with Crippen LogP contribution < -0.4 is 5.56 Å². The van der Waals surface area contributed by atoms with Crippen molar-refractivity contribution < 1.29 is 0 Å². The van der Waals surface area contributed by atoms with Gasteiger partial charge in [-0.05, 0) is 41.3 Å². The fraction of sp³-hybridized carbons (Fsp3) is 0.545. The SMILES string of the molecule is Cc1cc(Br)cn(CCC(C)C)c1=O. The summed E-state index contributed by atoms with van der Waals surface area (Å²) >= 11 is 3.39. The van der Waals surface area contributed by atoms with Gasteiger partial charge in [0, 0.05) is 22.8 Å². The molecule has 3 heteroatoms. The van der Waals surface area contributed by atoms with Crippen molar-refractivity contribution in [1.82, 2.24) is 4.57 Å². The van der Waals surface area contributed by atoms with Gasteiger partial charge in [-0.1, -0.05) is 13.8 Å². The summed E-state index contributed by atoms with van der Waals surface area (Å²) in [5.74, 6) is 0.626. The highest BCUT2D eigenvalue weighted by Gasteiger charge is 2.02. The first kappa shape index (κ1) is 11.5. The van der Waals surface area contributed by atoms with Gasteiger partial charge in [-0.15, -0.1) is 0 Å². The molecule has 2 nitrogen and oxygen atoms in total. The molecule has 0 aromatic carbocycles. The van der Waals surface area contributed by atoms with Crippen molar-refractivity contribution in [3.8, 4) is 0 Å². The predicted octanol–water partition coefficient (Wildman–Crippen LogP) is 2.97. The topological polar surface area (TPSA) is 22.0 Å². The van der Waals surface area contributed by atoms with Gasteiger partial charge in [-0.3, -0.25) is 4.79 Å². The third kappa shape index (κ3) is 2.98. The second-order valence-corrected chi connectivity index (χ2v) is 4.94. The maximum Gasteiger partial charge on any atom is 0.253 e. The minimum absolute atomic E-state index is 0.119. The Morgan fingerprint density at radius 2 is 2.14 bits per heavy atom. The van der Waals surface area contributed by atoms with Crippen LogP contribution in [0.5, 0.6) is 0 Å². The fourth-order valence-corrected chi connectivity index (χ4v) is 1.89. The quantitative estimate of drug-likeness (QED) is 0.816. The van der Waals surface area contributed by atoms with E-state index >= 15 is 0 Å². The number of pyridine rings is 1. The third-order valence-corrected chi connectivity index (χ3v) is 2.61. The highest BCUT2D eigenvalue weighted by atomic mass is 79.9. The molecule has 1 aromatic heterocycles. The lowest BCUT2D eigenvalue weighted by atomic mass is 10.1. The number of hydrogen-bond acceptors (Lipinski definition) is 1. The highest BCUT2D eigenvalue weighted by Crippen LogP contribution is 2.09. The summed E-state index contributed by atoms with van der Waals surface area (Å²) in [6.07, 6.45) is 2.90. The van der Waals surface area contributed by atoms with Gasteiger partial charge in [-0.2, -0.15) is 0 Å². The van der Waals surface area contributed by atoms with Crippen molar-refractivity contribution in [3.63, 3.8) is 0 Å². The zero-order valence-corrected chi connectivity index (χ0v) is 10.5. The molecule has 0 atom stereocenters. The Labute approximate surface area is 93.1 Å². The van der Waals surface area contributed by atoms with E-state index in [0.717, 1.165) is 23.0 Å². The maximum absolute atomic E-state index is 11.7. The van der Waals surface area contributed by atoms with E-state index in [1.54, 1.807) is 4.57 Å². The molecule has 0 radical (unpaired) electrons. The smallest absolute Gasteiger partial charge is 0.253 e. The second-order valence-electron chi connectivity index (χ2n) is 4.02. The molecule has 0 saturated carbocycles. The summed E-state index contributed by atoms with van der Waals surface area (Å²) in [5, 5.41) is 0. The van der Waals surface area contributed by atoms with Crippen LogP contribution >= 0.6 is 15.9 Å². The molecule has 1 aromatic rings. The fourth-order valence-electron chi connectivity index (χ4n) is 1.30. The van der Waals surface area contributed by atoms with E-state index in [4.69, 9.17) is 0 Å². The van der Waals surface area contributed by atoms with Crippen molar-refractivity contribution in [2.75, 3.05) is 0 Å². The molecule has 14 heavy (non-hydrogen) atoms. The first-order chi connectivity index (χ1) is 6.50. The molecule has 0 aliphatic carbocycles. The van der Waals surface area contributed by atoms with Gasteiger partial charge in [-0.25, -0.2) is 0 Å². The number of hydrogen-bond donors (Lipinski definition) is 0. The summed E-state index contributed by atoms with van der Waals surface area (Å²) < 4.78 is 2.75. The number of rotatable bonds is 3. The molecule has 0 N–H and O–H groups in total. The van der Waals surface area contributed by atoms with Crippen molar-refractivity contribution >= 4 is 15.9 Å². The zero-order chi connectivity index (χ0) is 10.7. The normalized spacial score (nSPS) is 10.9. The van der Waals surface area contributed by atoms with E-state index in [1.807, 2.05) is 19.2 Å². The molecule has 0 aliphatic heterocycles. The van der Waals surface area contributed by atoms with Crippen LogP contribution in [-0.2, 0) is 6.54 Å². The molecule has 0 aliphatic rings. The van der Waals surface area contributed by atoms with Crippen molar-refractivity contribution in [3.05, 3.63) is 32.7 Å². The van der Waals surface area contributed by atoms with Crippen LogP contribution in [0.25, 0.3) is 0 Å². The first-order valence-electron chi connectivity index (χ1n) is 4.87. The van der Waals surface area contributed by atoms with E-state index < -0.39 is 0 Å². The van der Waals surface area contributed by atoms with Gasteiger partial charge in [0.25, 0.3) is 5.56 Å². The van der Waals surface area contributed by atoms with E-state index in [9.17, 15) is 4.79 Å². The zero-order valence-electron chi connectivity index (χ0n) is 8.88. The molecule has 0 spiro atoms. The lowest BCUT2D eigenvalue weighted by Gasteiger charge is -2.09. The number of aryl methyl sites for hydroxylation is 2. The average Bonchev–Trinajstić information content (AvgIpc) is 2.08. The molecular weight excluding hydrogens is 242 g/mol. The first-order valence-corrected chi connectivity index (χ1v) is 5.66. The standard InChI is InChI=1S/C11H16BrNO/c1-8(2)4-5-13-7-10(12)6-9(3)11(13)14/h6-8H,4-5H2,1-3H3. The summed E-state index contributed by atoms with van der Waals surface area (Å²) in [5.41, 5.74) is 0.914.